The molecule has 1 aromatic heterocycles. The molecule has 148 valence electrons. The third kappa shape index (κ3) is 3.90. The summed E-state index contributed by atoms with van der Waals surface area (Å²) in [6.45, 7) is 4.19. The summed E-state index contributed by atoms with van der Waals surface area (Å²) in [6.07, 6.45) is 1.14. The number of para-hydroxylation sites is 1. The second-order valence-corrected chi connectivity index (χ2v) is 6.96. The topological polar surface area (TPSA) is 92.1 Å². The quantitative estimate of drug-likeness (QED) is 0.603. The van der Waals surface area contributed by atoms with Gasteiger partial charge in [0, 0.05) is 24.4 Å². The molecule has 2 aromatic carbocycles. The first-order chi connectivity index (χ1) is 14.2. The van der Waals surface area contributed by atoms with Gasteiger partial charge in [0.15, 0.2) is 5.82 Å². The van der Waals surface area contributed by atoms with Gasteiger partial charge in [-0.1, -0.05) is 55.1 Å². The van der Waals surface area contributed by atoms with Gasteiger partial charge in [0.25, 0.3) is 0 Å². The molecule has 0 bridgehead atoms. The molecule has 0 spiro atoms. The molecule has 2 heterocycles. The average Bonchev–Trinajstić information content (AvgIpc) is 3.14. The summed E-state index contributed by atoms with van der Waals surface area (Å²) >= 11 is 0. The van der Waals surface area contributed by atoms with Crippen LogP contribution in [0.3, 0.4) is 0 Å². The number of nitrogens with zero attached hydrogens (tertiary/aromatic N) is 3. The highest BCUT2D eigenvalue weighted by atomic mass is 16.3. The molecular formula is C22H23N5O2. The number of aliphatic hydroxyl groups excluding tert-OH is 1. The lowest BCUT2D eigenvalue weighted by Crippen LogP contribution is -2.39. The van der Waals surface area contributed by atoms with E-state index >= 15 is 0 Å². The average molecular weight is 389 g/mol. The number of aliphatic hydroxyl groups is 1. The minimum atomic E-state index is -0.572. The van der Waals surface area contributed by atoms with E-state index in [4.69, 9.17) is 5.11 Å². The Morgan fingerprint density at radius 3 is 2.52 bits per heavy atom. The van der Waals surface area contributed by atoms with Crippen LogP contribution >= 0.6 is 0 Å². The van der Waals surface area contributed by atoms with Crippen LogP contribution in [-0.4, -0.2) is 32.4 Å². The highest BCUT2D eigenvalue weighted by Gasteiger charge is 2.40. The molecule has 1 aliphatic heterocycles. The van der Waals surface area contributed by atoms with Crippen LogP contribution in [0.15, 0.2) is 72.9 Å². The van der Waals surface area contributed by atoms with Gasteiger partial charge in [0.2, 0.25) is 11.9 Å². The van der Waals surface area contributed by atoms with E-state index in [2.05, 4.69) is 27.3 Å². The first kappa shape index (κ1) is 18.9. The van der Waals surface area contributed by atoms with Crippen molar-refractivity contribution in [1.29, 1.82) is 0 Å². The van der Waals surface area contributed by atoms with Crippen LogP contribution < -0.4 is 10.6 Å². The van der Waals surface area contributed by atoms with Gasteiger partial charge in [-0.2, -0.15) is 10.1 Å². The molecule has 3 N–H and O–H groups in total. The van der Waals surface area contributed by atoms with Gasteiger partial charge in [-0.05, 0) is 24.1 Å². The number of aromatic nitrogens is 3. The molecule has 2 atom stereocenters. The third-order valence-corrected chi connectivity index (χ3v) is 4.93. The Balaban J connectivity index is 1.72. The van der Waals surface area contributed by atoms with Crippen molar-refractivity contribution in [1.82, 2.24) is 14.8 Å². The molecule has 29 heavy (non-hydrogen) atoms. The Morgan fingerprint density at radius 2 is 1.83 bits per heavy atom. The molecule has 4 rings (SSSR count). The molecule has 0 saturated carbocycles. The number of nitrogens with one attached hydrogen (secondary N) is 2. The fraction of sp³-hybridized carbons (Fsp3) is 0.227. The summed E-state index contributed by atoms with van der Waals surface area (Å²) in [5.41, 5.74) is 2.24. The van der Waals surface area contributed by atoms with E-state index in [1.807, 2.05) is 60.7 Å². The van der Waals surface area contributed by atoms with Gasteiger partial charge in [-0.15, -0.1) is 0 Å². The predicted octanol–water partition coefficient (Wildman–Crippen LogP) is 2.99. The lowest BCUT2D eigenvalue weighted by atomic mass is 9.88. The van der Waals surface area contributed by atoms with Crippen LogP contribution in [0.5, 0.6) is 0 Å². The summed E-state index contributed by atoms with van der Waals surface area (Å²) in [5, 5.41) is 19.9. The lowest BCUT2D eigenvalue weighted by molar-refractivity contribution is -0.119. The maximum absolute atomic E-state index is 13.2. The van der Waals surface area contributed by atoms with Crippen molar-refractivity contribution in [2.45, 2.75) is 18.9 Å². The van der Waals surface area contributed by atoms with Crippen molar-refractivity contribution < 1.29 is 9.90 Å². The molecule has 7 nitrogen and oxygen atoms in total. The van der Waals surface area contributed by atoms with Crippen LogP contribution in [0.25, 0.3) is 0 Å². The Morgan fingerprint density at radius 1 is 1.14 bits per heavy atom. The predicted molar refractivity (Wildman–Crippen MR) is 111 cm³/mol. The highest BCUT2D eigenvalue weighted by Crippen LogP contribution is 2.38. The van der Waals surface area contributed by atoms with E-state index in [0.717, 1.165) is 11.3 Å². The maximum atomic E-state index is 13.2. The molecule has 1 aliphatic rings. The number of benzene rings is 2. The van der Waals surface area contributed by atoms with Crippen LogP contribution in [0.4, 0.5) is 11.6 Å². The van der Waals surface area contributed by atoms with Gasteiger partial charge in [-0.3, -0.25) is 4.79 Å². The number of carbonyl (C=O) groups is 1. The van der Waals surface area contributed by atoms with Gasteiger partial charge >= 0.3 is 0 Å². The van der Waals surface area contributed by atoms with Crippen molar-refractivity contribution in [3.63, 3.8) is 0 Å². The smallest absolute Gasteiger partial charge is 0.235 e. The van der Waals surface area contributed by atoms with Crippen molar-refractivity contribution >= 4 is 17.5 Å². The van der Waals surface area contributed by atoms with Crippen molar-refractivity contribution in [3.8, 4) is 0 Å². The number of amides is 1. The summed E-state index contributed by atoms with van der Waals surface area (Å²) in [7, 11) is 0. The number of hydrogen-bond donors (Lipinski definition) is 3. The second kappa shape index (κ2) is 8.28. The summed E-state index contributed by atoms with van der Waals surface area (Å²) in [6, 6.07) is 18.7. The molecule has 0 fully saturated rings. The van der Waals surface area contributed by atoms with E-state index < -0.39 is 5.92 Å². The van der Waals surface area contributed by atoms with Crippen LogP contribution in [0.2, 0.25) is 0 Å². The minimum Gasteiger partial charge on any atom is -0.396 e. The van der Waals surface area contributed by atoms with Crippen molar-refractivity contribution in [2.24, 2.45) is 5.92 Å². The van der Waals surface area contributed by atoms with Crippen LogP contribution in [0, 0.1) is 5.92 Å². The monoisotopic (exact) mass is 389 g/mol. The SMILES string of the molecule is C=C1Nc2nc(CCCO)nn2[C@H](c2ccccc2)[C@H]1C(=O)Nc1ccccc1. The number of hydrogen-bond acceptors (Lipinski definition) is 5. The van der Waals surface area contributed by atoms with Gasteiger partial charge in [0.1, 0.15) is 5.92 Å². The number of carbonyl (C=O) groups excluding carboxylic acids is 1. The maximum Gasteiger partial charge on any atom is 0.235 e. The Hall–Kier alpha value is -3.45. The van der Waals surface area contributed by atoms with Crippen LogP contribution in [0.1, 0.15) is 23.9 Å². The molecule has 0 aliphatic carbocycles. The standard InChI is InChI=1S/C22H23N5O2/c1-15-19(21(29)24-17-11-6-3-7-12-17)20(16-9-4-2-5-10-16)27-22(23-15)25-18(26-27)13-8-14-28/h2-7,9-12,19-20,28H,1,8,13-14H2,(H,24,29)(H,23,25,26)/t19-,20+/m0/s1. The third-order valence-electron chi connectivity index (χ3n) is 4.93. The number of anilines is 2. The number of rotatable bonds is 6. The minimum absolute atomic E-state index is 0.0776. The van der Waals surface area contributed by atoms with E-state index in [1.165, 1.54) is 0 Å². The Labute approximate surface area is 169 Å². The molecular weight excluding hydrogens is 366 g/mol. The van der Waals surface area contributed by atoms with Gasteiger partial charge in [-0.25, -0.2) is 4.68 Å². The van der Waals surface area contributed by atoms with Gasteiger partial charge < -0.3 is 15.7 Å². The van der Waals surface area contributed by atoms with Crippen LogP contribution in [-0.2, 0) is 11.2 Å². The summed E-state index contributed by atoms with van der Waals surface area (Å²) in [5.74, 6) is 0.443. The normalized spacial score (nSPS) is 18.0. The zero-order valence-electron chi connectivity index (χ0n) is 16.0. The highest BCUT2D eigenvalue weighted by molar-refractivity contribution is 5.95. The number of fused-ring (bicyclic) bond motifs is 1. The largest absolute Gasteiger partial charge is 0.396 e. The molecule has 1 amide bonds. The van der Waals surface area contributed by atoms with E-state index in [-0.39, 0.29) is 18.6 Å². The Bertz CT molecular complexity index is 1000. The first-order valence-electron chi connectivity index (χ1n) is 9.60. The Kier molecular flexibility index (Phi) is 5.39. The number of aryl methyl sites for hydroxylation is 1. The van der Waals surface area contributed by atoms with E-state index in [9.17, 15) is 4.79 Å². The summed E-state index contributed by atoms with van der Waals surface area (Å²) in [4.78, 5) is 17.8. The molecule has 0 radical (unpaired) electrons. The second-order valence-electron chi connectivity index (χ2n) is 6.96. The molecule has 7 heteroatoms. The molecule has 0 unspecified atom stereocenters. The summed E-state index contributed by atoms with van der Waals surface area (Å²) < 4.78 is 1.76. The zero-order chi connectivity index (χ0) is 20.2. The fourth-order valence-electron chi connectivity index (χ4n) is 3.57. The fourth-order valence-corrected chi connectivity index (χ4v) is 3.57. The lowest BCUT2D eigenvalue weighted by Gasteiger charge is -2.33. The van der Waals surface area contributed by atoms with Gasteiger partial charge in [0.05, 0.1) is 6.04 Å². The van der Waals surface area contributed by atoms with Crippen molar-refractivity contribution in [2.75, 3.05) is 17.2 Å². The van der Waals surface area contributed by atoms with E-state index in [0.29, 0.717) is 30.3 Å². The van der Waals surface area contributed by atoms with Crippen molar-refractivity contribution in [3.05, 3.63) is 84.3 Å². The zero-order valence-corrected chi connectivity index (χ0v) is 16.0. The molecule has 0 saturated heterocycles. The molecule has 3 aromatic rings. The van der Waals surface area contributed by atoms with E-state index in [1.54, 1.807) is 4.68 Å². The first-order valence-corrected chi connectivity index (χ1v) is 9.60.